The zero-order chi connectivity index (χ0) is 8.97. The first kappa shape index (κ1) is 9.17. The first-order valence-corrected chi connectivity index (χ1v) is 4.17. The van der Waals surface area contributed by atoms with Crippen LogP contribution < -0.4 is 0 Å². The summed E-state index contributed by atoms with van der Waals surface area (Å²) in [6, 6.07) is 0. The number of ketones is 1. The van der Waals surface area contributed by atoms with E-state index in [0.29, 0.717) is 19.3 Å². The maximum absolute atomic E-state index is 12.8. The zero-order valence-corrected chi connectivity index (χ0v) is 7.22. The van der Waals surface area contributed by atoms with Crippen molar-refractivity contribution in [1.82, 2.24) is 0 Å². The molecular formula is C10H13FO. The van der Waals surface area contributed by atoms with Crippen LogP contribution in [0.1, 0.15) is 26.2 Å². The Kier molecular flexibility index (Phi) is 3.20. The summed E-state index contributed by atoms with van der Waals surface area (Å²) in [4.78, 5) is 10.7. The van der Waals surface area contributed by atoms with E-state index in [2.05, 4.69) is 0 Å². The Balaban J connectivity index is 2.57. The molecule has 2 heteroatoms. The summed E-state index contributed by atoms with van der Waals surface area (Å²) in [5.41, 5.74) is 0.947. The van der Waals surface area contributed by atoms with Crippen LogP contribution in [0.4, 0.5) is 4.39 Å². The van der Waals surface area contributed by atoms with Crippen molar-refractivity contribution in [3.63, 3.8) is 0 Å². The van der Waals surface area contributed by atoms with Gasteiger partial charge in [0, 0.05) is 6.42 Å². The van der Waals surface area contributed by atoms with Gasteiger partial charge in [0.1, 0.15) is 12.0 Å². The lowest BCUT2D eigenvalue weighted by atomic mass is 10.1. The maximum Gasteiger partial charge on any atom is 0.134 e. The quantitative estimate of drug-likeness (QED) is 0.619. The average Bonchev–Trinajstić information content (AvgIpc) is 2.15. The number of halogens is 1. The van der Waals surface area contributed by atoms with Crippen molar-refractivity contribution in [1.29, 1.82) is 0 Å². The molecule has 0 heterocycles. The van der Waals surface area contributed by atoms with Crippen LogP contribution in [0.5, 0.6) is 0 Å². The fourth-order valence-electron chi connectivity index (χ4n) is 1.23. The normalized spacial score (nSPS) is 23.2. The smallest absolute Gasteiger partial charge is 0.134 e. The number of hydrogen-bond donors (Lipinski definition) is 0. The van der Waals surface area contributed by atoms with E-state index >= 15 is 0 Å². The molecule has 0 aliphatic heterocycles. The Hall–Kier alpha value is -0.920. The van der Waals surface area contributed by atoms with Crippen molar-refractivity contribution in [2.75, 3.05) is 0 Å². The van der Waals surface area contributed by atoms with Crippen LogP contribution in [0.25, 0.3) is 0 Å². The minimum Gasteiger partial charge on any atom is -0.300 e. The largest absolute Gasteiger partial charge is 0.300 e. The van der Waals surface area contributed by atoms with Crippen molar-refractivity contribution in [2.45, 2.75) is 32.4 Å². The van der Waals surface area contributed by atoms with Crippen molar-refractivity contribution in [3.8, 4) is 0 Å². The van der Waals surface area contributed by atoms with Gasteiger partial charge >= 0.3 is 0 Å². The van der Waals surface area contributed by atoms with Crippen molar-refractivity contribution >= 4 is 5.78 Å². The second-order valence-electron chi connectivity index (χ2n) is 3.13. The number of rotatable bonds is 2. The van der Waals surface area contributed by atoms with Gasteiger partial charge in [0.05, 0.1) is 0 Å². The van der Waals surface area contributed by atoms with Gasteiger partial charge in [-0.25, -0.2) is 4.39 Å². The van der Waals surface area contributed by atoms with Crippen LogP contribution in [0.2, 0.25) is 0 Å². The van der Waals surface area contributed by atoms with Crippen molar-refractivity contribution in [2.24, 2.45) is 0 Å². The fourth-order valence-corrected chi connectivity index (χ4v) is 1.23. The Morgan fingerprint density at radius 2 is 2.42 bits per heavy atom. The zero-order valence-electron chi connectivity index (χ0n) is 7.22. The topological polar surface area (TPSA) is 17.1 Å². The third kappa shape index (κ3) is 2.99. The van der Waals surface area contributed by atoms with Gasteiger partial charge in [-0.05, 0) is 25.3 Å². The third-order valence-corrected chi connectivity index (χ3v) is 1.81. The molecule has 0 saturated carbocycles. The standard InChI is InChI=1S/C10H13FO/c1-8(12)7-9-3-2-4-10(11)6-5-9/h2-3,5,10H,4,6-7H2,1H3. The molecule has 1 unspecified atom stereocenters. The highest BCUT2D eigenvalue weighted by molar-refractivity contribution is 5.78. The predicted molar refractivity (Wildman–Crippen MR) is 46.7 cm³/mol. The minimum absolute atomic E-state index is 0.128. The van der Waals surface area contributed by atoms with Gasteiger partial charge in [-0.3, -0.25) is 4.79 Å². The number of alkyl halides is 1. The minimum atomic E-state index is -0.772. The summed E-state index contributed by atoms with van der Waals surface area (Å²) in [7, 11) is 0. The van der Waals surface area contributed by atoms with Gasteiger partial charge in [0.15, 0.2) is 0 Å². The molecular weight excluding hydrogens is 155 g/mol. The van der Waals surface area contributed by atoms with Gasteiger partial charge in [-0.15, -0.1) is 0 Å². The molecule has 0 radical (unpaired) electrons. The van der Waals surface area contributed by atoms with E-state index in [0.717, 1.165) is 5.57 Å². The lowest BCUT2D eigenvalue weighted by Gasteiger charge is -1.97. The van der Waals surface area contributed by atoms with Crippen LogP contribution in [0.15, 0.2) is 23.8 Å². The summed E-state index contributed by atoms with van der Waals surface area (Å²) in [5.74, 6) is 0.128. The number of carbonyl (C=O) groups excluding carboxylic acids is 1. The highest BCUT2D eigenvalue weighted by atomic mass is 19.1. The van der Waals surface area contributed by atoms with Crippen molar-refractivity contribution < 1.29 is 9.18 Å². The molecule has 0 fully saturated rings. The Bertz CT molecular complexity index is 228. The van der Waals surface area contributed by atoms with Crippen LogP contribution in [0.3, 0.4) is 0 Å². The maximum atomic E-state index is 12.8. The monoisotopic (exact) mass is 168 g/mol. The van der Waals surface area contributed by atoms with E-state index in [9.17, 15) is 9.18 Å². The van der Waals surface area contributed by atoms with Gasteiger partial charge in [0.25, 0.3) is 0 Å². The van der Waals surface area contributed by atoms with Crippen LogP contribution in [0, 0.1) is 0 Å². The molecule has 0 amide bonds. The SMILES string of the molecule is CC(=O)CC1=CCC(F)CC=C1. The molecule has 0 N–H and O–H groups in total. The molecule has 12 heavy (non-hydrogen) atoms. The van der Waals surface area contributed by atoms with E-state index in [-0.39, 0.29) is 5.78 Å². The fraction of sp³-hybridized carbons (Fsp3) is 0.500. The van der Waals surface area contributed by atoms with Crippen LogP contribution >= 0.6 is 0 Å². The Labute approximate surface area is 72.0 Å². The molecule has 0 aromatic carbocycles. The van der Waals surface area contributed by atoms with Crippen LogP contribution in [-0.4, -0.2) is 12.0 Å². The molecule has 1 nitrogen and oxygen atoms in total. The number of carbonyl (C=O) groups is 1. The first-order chi connectivity index (χ1) is 5.68. The van der Waals surface area contributed by atoms with Gasteiger partial charge in [-0.1, -0.05) is 18.2 Å². The van der Waals surface area contributed by atoms with E-state index in [1.165, 1.54) is 0 Å². The summed E-state index contributed by atoms with van der Waals surface area (Å²) >= 11 is 0. The lowest BCUT2D eigenvalue weighted by molar-refractivity contribution is -0.116. The summed E-state index contributed by atoms with van der Waals surface area (Å²) in [5, 5.41) is 0. The molecule has 0 aromatic heterocycles. The van der Waals surface area contributed by atoms with Crippen LogP contribution in [-0.2, 0) is 4.79 Å². The highest BCUT2D eigenvalue weighted by Crippen LogP contribution is 2.16. The number of allylic oxidation sites excluding steroid dienone is 4. The lowest BCUT2D eigenvalue weighted by Crippen LogP contribution is -1.94. The summed E-state index contributed by atoms with van der Waals surface area (Å²) in [6.45, 7) is 1.55. The number of hydrogen-bond acceptors (Lipinski definition) is 1. The van der Waals surface area contributed by atoms with E-state index < -0.39 is 6.17 Å². The van der Waals surface area contributed by atoms with E-state index in [1.54, 1.807) is 13.0 Å². The molecule has 1 atom stereocenters. The molecule has 0 spiro atoms. The average molecular weight is 168 g/mol. The van der Waals surface area contributed by atoms with Gasteiger partial charge < -0.3 is 0 Å². The van der Waals surface area contributed by atoms with E-state index in [4.69, 9.17) is 0 Å². The molecule has 0 saturated heterocycles. The summed E-state index contributed by atoms with van der Waals surface area (Å²) < 4.78 is 12.8. The molecule has 1 aliphatic rings. The van der Waals surface area contributed by atoms with E-state index in [1.807, 2.05) is 12.2 Å². The molecule has 1 rings (SSSR count). The first-order valence-electron chi connectivity index (χ1n) is 4.17. The second kappa shape index (κ2) is 4.19. The Morgan fingerprint density at radius 3 is 3.08 bits per heavy atom. The molecule has 1 aliphatic carbocycles. The number of Topliss-reactive ketones (excluding diaryl/α,β-unsaturated/α-hetero) is 1. The predicted octanol–water partition coefficient (Wildman–Crippen LogP) is 2.58. The van der Waals surface area contributed by atoms with Crippen molar-refractivity contribution in [3.05, 3.63) is 23.8 Å². The van der Waals surface area contributed by atoms with Gasteiger partial charge in [0.2, 0.25) is 0 Å². The highest BCUT2D eigenvalue weighted by Gasteiger charge is 2.07. The molecule has 0 aromatic rings. The molecule has 66 valence electrons. The second-order valence-corrected chi connectivity index (χ2v) is 3.13. The van der Waals surface area contributed by atoms with Gasteiger partial charge in [-0.2, -0.15) is 0 Å². The third-order valence-electron chi connectivity index (χ3n) is 1.81. The molecule has 0 bridgehead atoms. The Morgan fingerprint density at radius 1 is 1.67 bits per heavy atom. The summed E-state index contributed by atoms with van der Waals surface area (Å²) in [6.07, 6.45) is 6.03.